The molecule has 0 saturated heterocycles. The summed E-state index contributed by atoms with van der Waals surface area (Å²) in [6.07, 6.45) is 2.84. The van der Waals surface area contributed by atoms with Gasteiger partial charge < -0.3 is 9.15 Å². The Bertz CT molecular complexity index is 287. The van der Waals surface area contributed by atoms with Crippen molar-refractivity contribution in [2.24, 2.45) is 0 Å². The van der Waals surface area contributed by atoms with E-state index in [4.69, 9.17) is 9.15 Å². The molecule has 3 nitrogen and oxygen atoms in total. The van der Waals surface area contributed by atoms with Crippen LogP contribution < -0.4 is 0 Å². The third-order valence-electron chi connectivity index (χ3n) is 1.18. The minimum Gasteiger partial charge on any atom is -0.503 e. The second kappa shape index (κ2) is 4.30. The minimum absolute atomic E-state index is 0.164. The first kappa shape index (κ1) is 9.31. The summed E-state index contributed by atoms with van der Waals surface area (Å²) in [5.41, 5.74) is 0. The van der Waals surface area contributed by atoms with Crippen LogP contribution in [0.3, 0.4) is 0 Å². The molecule has 0 fully saturated rings. The molecule has 0 radical (unpaired) electrons. The number of methoxy groups -OCH3 is 1. The van der Waals surface area contributed by atoms with Crippen molar-refractivity contribution in [2.45, 2.75) is 0 Å². The van der Waals surface area contributed by atoms with Gasteiger partial charge in [-0.2, -0.15) is 0 Å². The van der Waals surface area contributed by atoms with Crippen LogP contribution in [0.2, 0.25) is 0 Å². The molecule has 1 heterocycles. The Hall–Kier alpha value is -0.780. The second-order valence-corrected chi connectivity index (χ2v) is 3.17. The van der Waals surface area contributed by atoms with Crippen LogP contribution in [0.5, 0.6) is 0 Å². The van der Waals surface area contributed by atoms with Crippen molar-refractivity contribution in [3.8, 4) is 0 Å². The van der Waals surface area contributed by atoms with Crippen molar-refractivity contribution in [3.05, 3.63) is 34.0 Å². The smallest absolute Gasteiger partial charge is 0.237 e. The summed E-state index contributed by atoms with van der Waals surface area (Å²) in [5, 5.41) is 0. The van der Waals surface area contributed by atoms with E-state index in [1.54, 1.807) is 12.1 Å². The summed E-state index contributed by atoms with van der Waals surface area (Å²) in [7, 11) is 1.49. The van der Waals surface area contributed by atoms with Gasteiger partial charge in [0.1, 0.15) is 0 Å². The summed E-state index contributed by atoms with van der Waals surface area (Å²) >= 11 is 1.90. The number of carbonyl (C=O) groups excluding carboxylic acids is 1. The SMILES string of the molecule is CO/C=C(\I)C(=O)c1ccco1. The lowest BCUT2D eigenvalue weighted by Crippen LogP contribution is -1.96. The van der Waals surface area contributed by atoms with E-state index in [9.17, 15) is 4.79 Å². The fraction of sp³-hybridized carbons (Fsp3) is 0.125. The molecular weight excluding hydrogens is 271 g/mol. The van der Waals surface area contributed by atoms with E-state index in [1.165, 1.54) is 19.6 Å². The number of Topliss-reactive ketones (excluding diaryl/α,β-unsaturated/α-hetero) is 1. The standard InChI is InChI=1S/C8H7IO3/c1-11-5-6(9)8(10)7-3-2-4-12-7/h2-5H,1H3/b6-5-. The van der Waals surface area contributed by atoms with Gasteiger partial charge in [-0.05, 0) is 34.7 Å². The molecule has 0 aliphatic rings. The molecule has 0 spiro atoms. The molecule has 0 N–H and O–H groups in total. The summed E-state index contributed by atoms with van der Waals surface area (Å²) in [6.45, 7) is 0. The van der Waals surface area contributed by atoms with Crippen LogP contribution in [0.25, 0.3) is 0 Å². The molecule has 64 valence electrons. The number of allylic oxidation sites excluding steroid dienone is 1. The lowest BCUT2D eigenvalue weighted by Gasteiger charge is -1.93. The highest BCUT2D eigenvalue weighted by molar-refractivity contribution is 14.1. The Morgan fingerprint density at radius 3 is 3.00 bits per heavy atom. The normalized spacial score (nSPS) is 11.3. The van der Waals surface area contributed by atoms with Crippen molar-refractivity contribution in [1.82, 2.24) is 0 Å². The maximum atomic E-state index is 11.3. The quantitative estimate of drug-likeness (QED) is 0.369. The Kier molecular flexibility index (Phi) is 3.33. The monoisotopic (exact) mass is 278 g/mol. The van der Waals surface area contributed by atoms with Gasteiger partial charge in [0.2, 0.25) is 5.78 Å². The fourth-order valence-electron chi connectivity index (χ4n) is 0.682. The van der Waals surface area contributed by atoms with Crippen LogP contribution >= 0.6 is 22.6 Å². The van der Waals surface area contributed by atoms with Gasteiger partial charge in [-0.25, -0.2) is 0 Å². The van der Waals surface area contributed by atoms with Crippen molar-refractivity contribution < 1.29 is 13.9 Å². The first-order chi connectivity index (χ1) is 5.75. The van der Waals surface area contributed by atoms with Gasteiger partial charge in [-0.15, -0.1) is 0 Å². The highest BCUT2D eigenvalue weighted by atomic mass is 127. The maximum Gasteiger partial charge on any atom is 0.237 e. The van der Waals surface area contributed by atoms with Crippen molar-refractivity contribution in [1.29, 1.82) is 0 Å². The minimum atomic E-state index is -0.164. The number of hydrogen-bond acceptors (Lipinski definition) is 3. The van der Waals surface area contributed by atoms with E-state index < -0.39 is 0 Å². The van der Waals surface area contributed by atoms with Crippen LogP contribution in [0.1, 0.15) is 10.6 Å². The number of ether oxygens (including phenoxy) is 1. The summed E-state index contributed by atoms with van der Waals surface area (Å²) < 4.78 is 10.1. The molecule has 0 unspecified atom stereocenters. The van der Waals surface area contributed by atoms with Gasteiger partial charge in [0, 0.05) is 0 Å². The fourth-order valence-corrected chi connectivity index (χ4v) is 1.20. The van der Waals surface area contributed by atoms with Gasteiger partial charge in [-0.1, -0.05) is 0 Å². The lowest BCUT2D eigenvalue weighted by molar-refractivity contribution is 0.101. The van der Waals surface area contributed by atoms with Gasteiger partial charge in [0.15, 0.2) is 5.76 Å². The number of carbonyl (C=O) groups is 1. The van der Waals surface area contributed by atoms with E-state index in [2.05, 4.69) is 0 Å². The first-order valence-electron chi connectivity index (χ1n) is 3.22. The third kappa shape index (κ3) is 2.10. The third-order valence-corrected chi connectivity index (χ3v) is 1.93. The molecule has 1 aromatic rings. The number of rotatable bonds is 3. The molecule has 12 heavy (non-hydrogen) atoms. The summed E-state index contributed by atoms with van der Waals surface area (Å²) in [6, 6.07) is 3.29. The van der Waals surface area contributed by atoms with Crippen molar-refractivity contribution >= 4 is 28.4 Å². The van der Waals surface area contributed by atoms with Crippen LogP contribution in [0.4, 0.5) is 0 Å². The van der Waals surface area contributed by atoms with Gasteiger partial charge in [0.25, 0.3) is 0 Å². The van der Waals surface area contributed by atoms with E-state index in [0.717, 1.165) is 0 Å². The molecule has 0 bridgehead atoms. The zero-order valence-corrected chi connectivity index (χ0v) is 8.57. The van der Waals surface area contributed by atoms with E-state index in [1.807, 2.05) is 22.6 Å². The highest BCUT2D eigenvalue weighted by Crippen LogP contribution is 2.14. The Morgan fingerprint density at radius 2 is 2.50 bits per heavy atom. The molecule has 0 saturated carbocycles. The van der Waals surface area contributed by atoms with Crippen LogP contribution in [0.15, 0.2) is 32.7 Å². The highest BCUT2D eigenvalue weighted by Gasteiger charge is 2.11. The molecule has 0 aliphatic carbocycles. The number of hydrogen-bond donors (Lipinski definition) is 0. The number of ketones is 1. The van der Waals surface area contributed by atoms with Crippen molar-refractivity contribution in [2.75, 3.05) is 7.11 Å². The summed E-state index contributed by atoms with van der Waals surface area (Å²) in [4.78, 5) is 11.3. The van der Waals surface area contributed by atoms with Gasteiger partial charge in [0.05, 0.1) is 23.2 Å². The molecule has 0 aromatic carbocycles. The summed E-state index contributed by atoms with van der Waals surface area (Å²) in [5.74, 6) is 0.162. The molecule has 1 rings (SSSR count). The molecular formula is C8H7IO3. The molecule has 0 atom stereocenters. The molecule has 1 aromatic heterocycles. The first-order valence-corrected chi connectivity index (χ1v) is 4.30. The van der Waals surface area contributed by atoms with Crippen molar-refractivity contribution in [3.63, 3.8) is 0 Å². The van der Waals surface area contributed by atoms with E-state index in [0.29, 0.717) is 9.34 Å². The van der Waals surface area contributed by atoms with E-state index in [-0.39, 0.29) is 5.78 Å². The zero-order valence-electron chi connectivity index (χ0n) is 6.41. The Balaban J connectivity index is 2.79. The predicted molar refractivity (Wildman–Crippen MR) is 52.2 cm³/mol. The Labute approximate surface area is 83.5 Å². The molecule has 0 amide bonds. The molecule has 0 aliphatic heterocycles. The van der Waals surface area contributed by atoms with Crippen LogP contribution in [-0.2, 0) is 4.74 Å². The van der Waals surface area contributed by atoms with Gasteiger partial charge >= 0.3 is 0 Å². The molecule has 4 heteroatoms. The number of halogens is 1. The topological polar surface area (TPSA) is 39.4 Å². The zero-order chi connectivity index (χ0) is 8.97. The second-order valence-electron chi connectivity index (χ2n) is 2.01. The van der Waals surface area contributed by atoms with Crippen LogP contribution in [-0.4, -0.2) is 12.9 Å². The average Bonchev–Trinajstić information content (AvgIpc) is 2.55. The number of furan rings is 1. The predicted octanol–water partition coefficient (Wildman–Crippen LogP) is 2.39. The van der Waals surface area contributed by atoms with Crippen LogP contribution in [0, 0.1) is 0 Å². The lowest BCUT2D eigenvalue weighted by atomic mass is 10.3. The maximum absolute atomic E-state index is 11.3. The largest absolute Gasteiger partial charge is 0.503 e. The average molecular weight is 278 g/mol. The Morgan fingerprint density at radius 1 is 1.75 bits per heavy atom. The van der Waals surface area contributed by atoms with E-state index >= 15 is 0 Å². The van der Waals surface area contributed by atoms with Gasteiger partial charge in [-0.3, -0.25) is 4.79 Å².